The van der Waals surface area contributed by atoms with Crippen molar-refractivity contribution in [3.63, 3.8) is 0 Å². The second-order valence-corrected chi connectivity index (χ2v) is 6.43. The molecule has 96 valence electrons. The molecule has 1 aromatic heterocycles. The molecule has 3 rings (SSSR count). The van der Waals surface area contributed by atoms with Crippen LogP contribution in [0.5, 0.6) is 0 Å². The normalized spacial score (nSPS) is 11.6. The molecule has 6 heteroatoms. The molecule has 0 fully saturated rings. The quantitative estimate of drug-likeness (QED) is 0.806. The third kappa shape index (κ3) is 2.32. The highest BCUT2D eigenvalue weighted by atomic mass is 32.2. The van der Waals surface area contributed by atoms with Gasteiger partial charge in [0.15, 0.2) is 5.82 Å². The minimum absolute atomic E-state index is 0.229. The lowest BCUT2D eigenvalue weighted by molar-refractivity contribution is 0.601. The Hall–Kier alpha value is -1.92. The van der Waals surface area contributed by atoms with Gasteiger partial charge in [0.05, 0.1) is 9.60 Å². The predicted octanol–water partition coefficient (Wildman–Crippen LogP) is 3.10. The molecule has 1 N–H and O–H groups in total. The number of hydrogen-bond acceptors (Lipinski definition) is 4. The lowest BCUT2D eigenvalue weighted by Gasteiger charge is -2.05. The maximum Gasteiger partial charge on any atom is 0.263 e. The SMILES string of the molecule is O=S(=O)(Nc1nsc2ccccc12)c1ccccc1. The van der Waals surface area contributed by atoms with Gasteiger partial charge in [0.25, 0.3) is 10.0 Å². The zero-order valence-corrected chi connectivity index (χ0v) is 11.4. The highest BCUT2D eigenvalue weighted by Gasteiger charge is 2.16. The summed E-state index contributed by atoms with van der Waals surface area (Å²) in [6.45, 7) is 0. The summed E-state index contributed by atoms with van der Waals surface area (Å²) in [5.41, 5.74) is 0. The average Bonchev–Trinajstić information content (AvgIpc) is 2.83. The van der Waals surface area contributed by atoms with Crippen LogP contribution in [0.25, 0.3) is 10.1 Å². The molecule has 19 heavy (non-hydrogen) atoms. The third-order valence-corrected chi connectivity index (χ3v) is 4.84. The number of nitrogens with one attached hydrogen (secondary N) is 1. The first kappa shape index (κ1) is 12.1. The van der Waals surface area contributed by atoms with E-state index in [1.54, 1.807) is 30.3 Å². The maximum atomic E-state index is 12.2. The summed E-state index contributed by atoms with van der Waals surface area (Å²) < 4.78 is 32.0. The Morgan fingerprint density at radius 3 is 2.42 bits per heavy atom. The van der Waals surface area contributed by atoms with E-state index in [9.17, 15) is 8.42 Å². The maximum absolute atomic E-state index is 12.2. The van der Waals surface area contributed by atoms with Crippen LogP contribution in [0.2, 0.25) is 0 Å². The fourth-order valence-electron chi connectivity index (χ4n) is 1.75. The summed E-state index contributed by atoms with van der Waals surface area (Å²) in [6.07, 6.45) is 0. The van der Waals surface area contributed by atoms with Gasteiger partial charge in [0.1, 0.15) is 0 Å². The molecule has 3 aromatic rings. The highest BCUT2D eigenvalue weighted by molar-refractivity contribution is 7.92. The molecule has 0 aliphatic rings. The van der Waals surface area contributed by atoms with Crippen LogP contribution >= 0.6 is 11.5 Å². The van der Waals surface area contributed by atoms with Gasteiger partial charge in [0, 0.05) is 5.39 Å². The van der Waals surface area contributed by atoms with Gasteiger partial charge in [-0.3, -0.25) is 4.72 Å². The number of fused-ring (bicyclic) bond motifs is 1. The molecule has 0 amide bonds. The molecule has 0 aliphatic carbocycles. The van der Waals surface area contributed by atoms with Crippen LogP contribution < -0.4 is 4.72 Å². The van der Waals surface area contributed by atoms with Crippen LogP contribution in [0.1, 0.15) is 0 Å². The second-order valence-electron chi connectivity index (χ2n) is 3.95. The largest absolute Gasteiger partial charge is 0.263 e. The minimum atomic E-state index is -3.58. The van der Waals surface area contributed by atoms with Crippen LogP contribution in [0.3, 0.4) is 0 Å². The summed E-state index contributed by atoms with van der Waals surface area (Å²) in [4.78, 5) is 0.229. The molecule has 0 spiro atoms. The van der Waals surface area contributed by atoms with E-state index in [2.05, 4.69) is 9.10 Å². The molecule has 2 aromatic carbocycles. The number of sulfonamides is 1. The minimum Gasteiger partial charge on any atom is -0.262 e. The van der Waals surface area contributed by atoms with E-state index >= 15 is 0 Å². The number of rotatable bonds is 3. The van der Waals surface area contributed by atoms with E-state index in [0.29, 0.717) is 5.82 Å². The molecule has 0 aliphatic heterocycles. The second kappa shape index (κ2) is 4.64. The van der Waals surface area contributed by atoms with Gasteiger partial charge >= 0.3 is 0 Å². The molecular weight excluding hydrogens is 280 g/mol. The van der Waals surface area contributed by atoms with Gasteiger partial charge in [0.2, 0.25) is 0 Å². The third-order valence-electron chi connectivity index (χ3n) is 2.66. The average molecular weight is 290 g/mol. The van der Waals surface area contributed by atoms with Crippen molar-refractivity contribution in [3.8, 4) is 0 Å². The molecular formula is C13H10N2O2S2. The van der Waals surface area contributed by atoms with Crippen molar-refractivity contribution >= 4 is 37.5 Å². The van der Waals surface area contributed by atoms with Gasteiger partial charge in [-0.05, 0) is 35.8 Å². The lowest BCUT2D eigenvalue weighted by atomic mass is 10.3. The van der Waals surface area contributed by atoms with E-state index in [1.165, 1.54) is 11.5 Å². The Morgan fingerprint density at radius 2 is 1.63 bits per heavy atom. The molecule has 0 bridgehead atoms. The fourth-order valence-corrected chi connectivity index (χ4v) is 3.58. The monoisotopic (exact) mass is 290 g/mol. The van der Waals surface area contributed by atoms with Crippen molar-refractivity contribution in [3.05, 3.63) is 54.6 Å². The molecule has 0 saturated heterocycles. The van der Waals surface area contributed by atoms with E-state index in [4.69, 9.17) is 0 Å². The Balaban J connectivity index is 2.02. The molecule has 4 nitrogen and oxygen atoms in total. The van der Waals surface area contributed by atoms with Crippen LogP contribution in [-0.2, 0) is 10.0 Å². The Morgan fingerprint density at radius 1 is 0.947 bits per heavy atom. The van der Waals surface area contributed by atoms with Crippen molar-refractivity contribution in [2.24, 2.45) is 0 Å². The summed E-state index contributed by atoms with van der Waals surface area (Å²) in [5.74, 6) is 0.379. The molecule has 0 atom stereocenters. The summed E-state index contributed by atoms with van der Waals surface area (Å²) in [6, 6.07) is 15.8. The fraction of sp³-hybridized carbons (Fsp3) is 0. The Labute approximate surface area is 114 Å². The van der Waals surface area contributed by atoms with Crippen LogP contribution in [0.15, 0.2) is 59.5 Å². The zero-order chi connectivity index (χ0) is 13.3. The van der Waals surface area contributed by atoms with Crippen LogP contribution in [0.4, 0.5) is 5.82 Å². The highest BCUT2D eigenvalue weighted by Crippen LogP contribution is 2.27. The van der Waals surface area contributed by atoms with Crippen LogP contribution in [-0.4, -0.2) is 12.8 Å². The molecule has 0 unspecified atom stereocenters. The number of hydrogen-bond donors (Lipinski definition) is 1. The molecule has 0 saturated carbocycles. The number of nitrogens with zero attached hydrogens (tertiary/aromatic N) is 1. The number of anilines is 1. The van der Waals surface area contributed by atoms with Crippen molar-refractivity contribution in [1.29, 1.82) is 0 Å². The van der Waals surface area contributed by atoms with E-state index in [-0.39, 0.29) is 4.90 Å². The van der Waals surface area contributed by atoms with Crippen molar-refractivity contribution in [2.75, 3.05) is 4.72 Å². The van der Waals surface area contributed by atoms with Crippen molar-refractivity contribution in [2.45, 2.75) is 4.90 Å². The van der Waals surface area contributed by atoms with Gasteiger partial charge < -0.3 is 0 Å². The summed E-state index contributed by atoms with van der Waals surface area (Å²) in [5, 5.41) is 0.812. The van der Waals surface area contributed by atoms with Gasteiger partial charge in [-0.15, -0.1) is 0 Å². The van der Waals surface area contributed by atoms with Crippen LogP contribution in [0, 0.1) is 0 Å². The first-order chi connectivity index (χ1) is 9.17. The molecule has 1 heterocycles. The van der Waals surface area contributed by atoms with Crippen molar-refractivity contribution in [1.82, 2.24) is 4.37 Å². The van der Waals surface area contributed by atoms with Gasteiger partial charge in [-0.25, -0.2) is 8.42 Å². The Kier molecular flexibility index (Phi) is 2.96. The smallest absolute Gasteiger partial charge is 0.262 e. The standard InChI is InChI=1S/C13H10N2O2S2/c16-19(17,10-6-2-1-3-7-10)15-13-11-8-4-5-9-12(11)18-14-13/h1-9H,(H,14,15). The van der Waals surface area contributed by atoms with E-state index in [0.717, 1.165) is 10.1 Å². The van der Waals surface area contributed by atoms with E-state index < -0.39 is 10.0 Å². The summed E-state index contributed by atoms with van der Waals surface area (Å²) in [7, 11) is -3.58. The first-order valence-corrected chi connectivity index (χ1v) is 7.85. The van der Waals surface area contributed by atoms with E-state index in [1.807, 2.05) is 24.3 Å². The first-order valence-electron chi connectivity index (χ1n) is 5.59. The zero-order valence-electron chi connectivity index (χ0n) is 9.78. The van der Waals surface area contributed by atoms with Gasteiger partial charge in [-0.2, -0.15) is 4.37 Å². The lowest BCUT2D eigenvalue weighted by Crippen LogP contribution is -2.13. The van der Waals surface area contributed by atoms with Gasteiger partial charge in [-0.1, -0.05) is 30.3 Å². The van der Waals surface area contributed by atoms with Crippen molar-refractivity contribution < 1.29 is 8.42 Å². The predicted molar refractivity (Wildman–Crippen MR) is 76.9 cm³/mol. The topological polar surface area (TPSA) is 59.1 Å². The molecule has 0 radical (unpaired) electrons. The summed E-state index contributed by atoms with van der Waals surface area (Å²) >= 11 is 1.27. The number of aromatic nitrogens is 1. The Bertz CT molecular complexity index is 811. The number of benzene rings is 2.